The molecule has 2 aromatic heterocycles. The summed E-state index contributed by atoms with van der Waals surface area (Å²) in [6.07, 6.45) is 5.27. The number of carbonyl (C=O) groups is 2. The summed E-state index contributed by atoms with van der Waals surface area (Å²) in [5.74, 6) is -0.0343. The highest BCUT2D eigenvalue weighted by molar-refractivity contribution is 5.78. The van der Waals surface area contributed by atoms with Crippen molar-refractivity contribution >= 4 is 17.6 Å². The summed E-state index contributed by atoms with van der Waals surface area (Å²) >= 11 is 0. The first-order valence-electron chi connectivity index (χ1n) is 8.29. The fraction of sp³-hybridized carbons (Fsp3) is 0.471. The third-order valence-corrected chi connectivity index (χ3v) is 4.14. The number of aromatic nitrogens is 2. The van der Waals surface area contributed by atoms with Crippen LogP contribution in [0.25, 0.3) is 5.65 Å². The van der Waals surface area contributed by atoms with Crippen LogP contribution in [0.5, 0.6) is 0 Å². The van der Waals surface area contributed by atoms with E-state index in [9.17, 15) is 9.59 Å². The van der Waals surface area contributed by atoms with Crippen molar-refractivity contribution < 1.29 is 14.3 Å². The van der Waals surface area contributed by atoms with E-state index in [0.717, 1.165) is 24.2 Å². The standard InChI is InChI=1S/C17H22N4O3/c1-2-24-17(23)20-9-6-13(7-10-20)19-16(22)11-14-12-21-8-4-3-5-15(21)18-14/h3-5,8,12-13H,2,6-7,9-11H2,1H3,(H,19,22). The molecule has 128 valence electrons. The van der Waals surface area contributed by atoms with E-state index in [0.29, 0.717) is 19.7 Å². The van der Waals surface area contributed by atoms with E-state index in [4.69, 9.17) is 4.74 Å². The second-order valence-corrected chi connectivity index (χ2v) is 5.90. The van der Waals surface area contributed by atoms with Crippen LogP contribution in [-0.4, -0.2) is 52.0 Å². The molecule has 0 saturated carbocycles. The molecule has 0 bridgehead atoms. The van der Waals surface area contributed by atoms with Gasteiger partial charge in [-0.2, -0.15) is 0 Å². The Kier molecular flexibility index (Phi) is 4.98. The fourth-order valence-corrected chi connectivity index (χ4v) is 2.94. The zero-order valence-corrected chi connectivity index (χ0v) is 13.8. The average molecular weight is 330 g/mol. The Morgan fingerprint density at radius 1 is 1.33 bits per heavy atom. The molecule has 0 unspecified atom stereocenters. The number of carbonyl (C=O) groups excluding carboxylic acids is 2. The smallest absolute Gasteiger partial charge is 0.409 e. The quantitative estimate of drug-likeness (QED) is 0.924. The lowest BCUT2D eigenvalue weighted by Gasteiger charge is -2.31. The predicted molar refractivity (Wildman–Crippen MR) is 88.7 cm³/mol. The van der Waals surface area contributed by atoms with Crippen molar-refractivity contribution in [1.29, 1.82) is 0 Å². The van der Waals surface area contributed by atoms with E-state index in [1.807, 2.05) is 35.0 Å². The summed E-state index contributed by atoms with van der Waals surface area (Å²) in [4.78, 5) is 30.0. The minimum Gasteiger partial charge on any atom is -0.450 e. The molecule has 0 spiro atoms. The lowest BCUT2D eigenvalue weighted by molar-refractivity contribution is -0.121. The molecule has 0 aliphatic carbocycles. The molecular formula is C17H22N4O3. The van der Waals surface area contributed by atoms with Gasteiger partial charge in [-0.15, -0.1) is 0 Å². The van der Waals surface area contributed by atoms with Gasteiger partial charge in [0.15, 0.2) is 0 Å². The average Bonchev–Trinajstić information content (AvgIpc) is 2.97. The number of fused-ring (bicyclic) bond motifs is 1. The van der Waals surface area contributed by atoms with Gasteiger partial charge in [-0.25, -0.2) is 9.78 Å². The number of pyridine rings is 1. The van der Waals surface area contributed by atoms with Crippen LogP contribution in [-0.2, 0) is 16.0 Å². The normalized spacial score (nSPS) is 15.5. The molecule has 1 saturated heterocycles. The SMILES string of the molecule is CCOC(=O)N1CCC(NC(=O)Cc2cn3ccccc3n2)CC1. The molecular weight excluding hydrogens is 308 g/mol. The Hall–Kier alpha value is -2.57. The maximum absolute atomic E-state index is 12.2. The van der Waals surface area contributed by atoms with E-state index in [2.05, 4.69) is 10.3 Å². The first-order chi connectivity index (χ1) is 11.7. The largest absolute Gasteiger partial charge is 0.450 e. The minimum atomic E-state index is -0.271. The number of nitrogens with one attached hydrogen (secondary N) is 1. The van der Waals surface area contributed by atoms with Crippen LogP contribution in [0.15, 0.2) is 30.6 Å². The highest BCUT2D eigenvalue weighted by Crippen LogP contribution is 2.12. The summed E-state index contributed by atoms with van der Waals surface area (Å²) in [6.45, 7) is 3.40. The second kappa shape index (κ2) is 7.33. The number of rotatable bonds is 4. The summed E-state index contributed by atoms with van der Waals surface area (Å²) in [6, 6.07) is 5.85. The highest BCUT2D eigenvalue weighted by Gasteiger charge is 2.24. The summed E-state index contributed by atoms with van der Waals surface area (Å²) in [5.41, 5.74) is 1.59. The second-order valence-electron chi connectivity index (χ2n) is 5.90. The van der Waals surface area contributed by atoms with Gasteiger partial charge in [-0.05, 0) is 31.9 Å². The Balaban J connectivity index is 1.48. The van der Waals surface area contributed by atoms with Crippen LogP contribution in [0, 0.1) is 0 Å². The number of amides is 2. The lowest BCUT2D eigenvalue weighted by atomic mass is 10.1. The van der Waals surface area contributed by atoms with Gasteiger partial charge in [-0.3, -0.25) is 4.79 Å². The van der Waals surface area contributed by atoms with Crippen LogP contribution < -0.4 is 5.32 Å². The van der Waals surface area contributed by atoms with Crippen LogP contribution in [0.4, 0.5) is 4.79 Å². The van der Waals surface area contributed by atoms with Gasteiger partial charge in [0.05, 0.1) is 18.7 Å². The van der Waals surface area contributed by atoms with Crippen LogP contribution in [0.3, 0.4) is 0 Å². The van der Waals surface area contributed by atoms with Crippen molar-refractivity contribution in [2.75, 3.05) is 19.7 Å². The van der Waals surface area contributed by atoms with Gasteiger partial charge in [0.2, 0.25) is 5.91 Å². The van der Waals surface area contributed by atoms with E-state index in [1.165, 1.54) is 0 Å². The predicted octanol–water partition coefficient (Wildman–Crippen LogP) is 1.61. The number of hydrogen-bond acceptors (Lipinski definition) is 4. The molecule has 2 amide bonds. The van der Waals surface area contributed by atoms with Gasteiger partial charge in [0.1, 0.15) is 5.65 Å². The number of hydrogen-bond donors (Lipinski definition) is 1. The molecule has 7 heteroatoms. The molecule has 0 radical (unpaired) electrons. The summed E-state index contributed by atoms with van der Waals surface area (Å²) in [5, 5.41) is 3.04. The molecule has 0 aromatic carbocycles. The molecule has 1 aliphatic rings. The first-order valence-corrected chi connectivity index (χ1v) is 8.29. The Morgan fingerprint density at radius 3 is 2.83 bits per heavy atom. The van der Waals surface area contributed by atoms with Gasteiger partial charge < -0.3 is 19.4 Å². The number of likely N-dealkylation sites (tertiary alicyclic amines) is 1. The maximum atomic E-state index is 12.2. The fourth-order valence-electron chi connectivity index (χ4n) is 2.94. The molecule has 3 rings (SSSR count). The zero-order valence-electron chi connectivity index (χ0n) is 13.8. The van der Waals surface area contributed by atoms with E-state index < -0.39 is 0 Å². The van der Waals surface area contributed by atoms with E-state index >= 15 is 0 Å². The highest BCUT2D eigenvalue weighted by atomic mass is 16.6. The van der Waals surface area contributed by atoms with E-state index in [-0.39, 0.29) is 24.5 Å². The molecule has 7 nitrogen and oxygen atoms in total. The Morgan fingerprint density at radius 2 is 2.12 bits per heavy atom. The molecule has 1 fully saturated rings. The maximum Gasteiger partial charge on any atom is 0.409 e. The zero-order chi connectivity index (χ0) is 16.9. The number of piperidine rings is 1. The number of ether oxygens (including phenoxy) is 1. The van der Waals surface area contributed by atoms with Crippen LogP contribution in [0.1, 0.15) is 25.5 Å². The van der Waals surface area contributed by atoms with E-state index in [1.54, 1.807) is 11.8 Å². The first kappa shape index (κ1) is 16.3. The molecule has 2 aromatic rings. The Labute approximate surface area is 140 Å². The molecule has 24 heavy (non-hydrogen) atoms. The third-order valence-electron chi connectivity index (χ3n) is 4.14. The molecule has 0 atom stereocenters. The number of imidazole rings is 1. The van der Waals surface area contributed by atoms with Crippen molar-refractivity contribution in [3.8, 4) is 0 Å². The molecule has 1 aliphatic heterocycles. The van der Waals surface area contributed by atoms with Gasteiger partial charge in [0.25, 0.3) is 0 Å². The summed E-state index contributed by atoms with van der Waals surface area (Å²) in [7, 11) is 0. The van der Waals surface area contributed by atoms with Gasteiger partial charge in [-0.1, -0.05) is 6.07 Å². The Bertz CT molecular complexity index is 686. The lowest BCUT2D eigenvalue weighted by Crippen LogP contribution is -2.47. The van der Waals surface area contributed by atoms with Gasteiger partial charge in [0, 0.05) is 31.5 Å². The monoisotopic (exact) mass is 330 g/mol. The van der Waals surface area contributed by atoms with Gasteiger partial charge >= 0.3 is 6.09 Å². The third kappa shape index (κ3) is 3.84. The van der Waals surface area contributed by atoms with Crippen molar-refractivity contribution in [3.63, 3.8) is 0 Å². The van der Waals surface area contributed by atoms with Crippen molar-refractivity contribution in [3.05, 3.63) is 36.3 Å². The topological polar surface area (TPSA) is 75.9 Å². The molecule has 1 N–H and O–H groups in total. The number of nitrogens with zero attached hydrogens (tertiary/aromatic N) is 3. The van der Waals surface area contributed by atoms with Crippen molar-refractivity contribution in [1.82, 2.24) is 19.6 Å². The van der Waals surface area contributed by atoms with Crippen molar-refractivity contribution in [2.24, 2.45) is 0 Å². The van der Waals surface area contributed by atoms with Crippen LogP contribution >= 0.6 is 0 Å². The molecule has 3 heterocycles. The van der Waals surface area contributed by atoms with Crippen molar-refractivity contribution in [2.45, 2.75) is 32.2 Å². The minimum absolute atomic E-state index is 0.0343. The van der Waals surface area contributed by atoms with Crippen LogP contribution in [0.2, 0.25) is 0 Å². The summed E-state index contributed by atoms with van der Waals surface area (Å²) < 4.78 is 6.90.